The van der Waals surface area contributed by atoms with E-state index in [4.69, 9.17) is 0 Å². The highest BCUT2D eigenvalue weighted by Crippen LogP contribution is 2.35. The third-order valence-electron chi connectivity index (χ3n) is 3.65. The van der Waals surface area contributed by atoms with Gasteiger partial charge in [0.15, 0.2) is 0 Å². The van der Waals surface area contributed by atoms with Crippen molar-refractivity contribution in [2.45, 2.75) is 19.9 Å². The Morgan fingerprint density at radius 3 is 2.43 bits per heavy atom. The number of nitrogens with one attached hydrogen (secondary N) is 1. The fourth-order valence-corrected chi connectivity index (χ4v) is 2.68. The van der Waals surface area contributed by atoms with Crippen LogP contribution in [-0.4, -0.2) is 34.6 Å². The number of benzene rings is 1. The van der Waals surface area contributed by atoms with E-state index in [0.29, 0.717) is 11.4 Å². The summed E-state index contributed by atoms with van der Waals surface area (Å²) >= 11 is 0. The van der Waals surface area contributed by atoms with Crippen LogP contribution in [-0.2, 0) is 4.79 Å². The highest BCUT2D eigenvalue weighted by Gasteiger charge is 2.34. The predicted molar refractivity (Wildman–Crippen MR) is 85.6 cm³/mol. The lowest BCUT2D eigenvalue weighted by atomic mass is 10.1. The Morgan fingerprint density at radius 2 is 1.83 bits per heavy atom. The second kappa shape index (κ2) is 5.68. The SMILES string of the molecule is CC(C)N1C(=O)CN(C(=O)c2ccc(=O)[nH]n2)c2ccccc21. The van der Waals surface area contributed by atoms with Gasteiger partial charge in [-0.1, -0.05) is 12.1 Å². The minimum absolute atomic E-state index is 0.00731. The predicted octanol–water partition coefficient (Wildman–Crippen LogP) is 1.17. The molecule has 7 heteroatoms. The summed E-state index contributed by atoms with van der Waals surface area (Å²) in [6.07, 6.45) is 0. The summed E-state index contributed by atoms with van der Waals surface area (Å²) in [4.78, 5) is 39.3. The van der Waals surface area contributed by atoms with Gasteiger partial charge < -0.3 is 4.90 Å². The molecule has 0 spiro atoms. The van der Waals surface area contributed by atoms with Crippen molar-refractivity contribution in [1.29, 1.82) is 0 Å². The van der Waals surface area contributed by atoms with Crippen LogP contribution < -0.4 is 15.4 Å². The second-order valence-electron chi connectivity index (χ2n) is 5.54. The minimum atomic E-state index is -0.426. The van der Waals surface area contributed by atoms with E-state index in [1.165, 1.54) is 17.0 Å². The summed E-state index contributed by atoms with van der Waals surface area (Å²) in [6.45, 7) is 3.79. The van der Waals surface area contributed by atoms with Gasteiger partial charge in [0.25, 0.3) is 11.5 Å². The third kappa shape index (κ3) is 2.61. The molecule has 0 atom stereocenters. The number of carbonyl (C=O) groups is 2. The van der Waals surface area contributed by atoms with E-state index < -0.39 is 5.91 Å². The molecule has 0 saturated heterocycles. The molecule has 1 aliphatic heterocycles. The summed E-state index contributed by atoms with van der Waals surface area (Å²) in [6, 6.07) is 9.82. The molecule has 0 radical (unpaired) electrons. The van der Waals surface area contributed by atoms with Gasteiger partial charge in [-0.15, -0.1) is 0 Å². The number of aromatic nitrogens is 2. The molecule has 1 aliphatic rings. The Hall–Kier alpha value is -2.96. The Bertz CT molecular complexity index is 808. The Balaban J connectivity index is 2.05. The van der Waals surface area contributed by atoms with Gasteiger partial charge in [0.05, 0.1) is 11.4 Å². The molecule has 2 amide bonds. The molecule has 1 aromatic heterocycles. The Kier molecular flexibility index (Phi) is 3.69. The highest BCUT2D eigenvalue weighted by atomic mass is 16.2. The van der Waals surface area contributed by atoms with Gasteiger partial charge >= 0.3 is 0 Å². The van der Waals surface area contributed by atoms with Gasteiger partial charge in [-0.2, -0.15) is 5.10 Å². The van der Waals surface area contributed by atoms with E-state index in [2.05, 4.69) is 10.2 Å². The highest BCUT2D eigenvalue weighted by molar-refractivity contribution is 6.15. The largest absolute Gasteiger partial charge is 0.306 e. The second-order valence-corrected chi connectivity index (χ2v) is 5.54. The molecule has 2 heterocycles. The first kappa shape index (κ1) is 15.0. The number of aromatic amines is 1. The molecule has 1 N–H and O–H groups in total. The van der Waals surface area contributed by atoms with E-state index in [1.54, 1.807) is 11.0 Å². The smallest absolute Gasteiger partial charge is 0.279 e. The standard InChI is InChI=1S/C16H16N4O3/c1-10(2)20-13-6-4-3-5-12(13)19(9-15(20)22)16(23)11-7-8-14(21)18-17-11/h3-8,10H,9H2,1-2H3,(H,18,21). The molecule has 0 bridgehead atoms. The molecular weight excluding hydrogens is 296 g/mol. The van der Waals surface area contributed by atoms with Crippen molar-refractivity contribution in [2.75, 3.05) is 16.3 Å². The number of fused-ring (bicyclic) bond motifs is 1. The van der Waals surface area contributed by atoms with Crippen molar-refractivity contribution < 1.29 is 9.59 Å². The average molecular weight is 312 g/mol. The van der Waals surface area contributed by atoms with Crippen LogP contribution >= 0.6 is 0 Å². The first-order valence-electron chi connectivity index (χ1n) is 7.27. The summed E-state index contributed by atoms with van der Waals surface area (Å²) in [5.41, 5.74) is 1.04. The lowest BCUT2D eigenvalue weighted by Gasteiger charge is -2.38. The molecule has 7 nitrogen and oxygen atoms in total. The quantitative estimate of drug-likeness (QED) is 0.902. The van der Waals surface area contributed by atoms with Crippen LogP contribution in [0.5, 0.6) is 0 Å². The van der Waals surface area contributed by atoms with Gasteiger partial charge in [0.2, 0.25) is 5.91 Å². The molecule has 3 rings (SSSR count). The molecule has 118 valence electrons. The Labute approximate surface area is 132 Å². The van der Waals surface area contributed by atoms with Crippen LogP contribution in [0.2, 0.25) is 0 Å². The van der Waals surface area contributed by atoms with E-state index in [-0.39, 0.29) is 29.7 Å². The molecule has 2 aromatic rings. The van der Waals surface area contributed by atoms with Crippen LogP contribution in [0.1, 0.15) is 24.3 Å². The lowest BCUT2D eigenvalue weighted by Crippen LogP contribution is -2.50. The summed E-state index contributed by atoms with van der Waals surface area (Å²) in [5.74, 6) is -0.582. The van der Waals surface area contributed by atoms with Crippen molar-refractivity contribution in [3.05, 3.63) is 52.4 Å². The molecular formula is C16H16N4O3. The van der Waals surface area contributed by atoms with Crippen molar-refractivity contribution >= 4 is 23.2 Å². The first-order valence-corrected chi connectivity index (χ1v) is 7.27. The lowest BCUT2D eigenvalue weighted by molar-refractivity contribution is -0.117. The van der Waals surface area contributed by atoms with E-state index in [9.17, 15) is 14.4 Å². The molecule has 23 heavy (non-hydrogen) atoms. The zero-order chi connectivity index (χ0) is 16.6. The monoisotopic (exact) mass is 312 g/mol. The zero-order valence-electron chi connectivity index (χ0n) is 12.8. The number of carbonyl (C=O) groups excluding carboxylic acids is 2. The number of para-hydroxylation sites is 2. The van der Waals surface area contributed by atoms with E-state index >= 15 is 0 Å². The van der Waals surface area contributed by atoms with E-state index in [1.807, 2.05) is 32.0 Å². The number of anilines is 2. The van der Waals surface area contributed by atoms with Crippen molar-refractivity contribution in [1.82, 2.24) is 10.2 Å². The fraction of sp³-hybridized carbons (Fsp3) is 0.250. The maximum absolute atomic E-state index is 12.7. The van der Waals surface area contributed by atoms with Crippen molar-refractivity contribution in [3.63, 3.8) is 0 Å². The number of hydrogen-bond acceptors (Lipinski definition) is 4. The van der Waals surface area contributed by atoms with Crippen LogP contribution in [0.3, 0.4) is 0 Å². The molecule has 0 unspecified atom stereocenters. The molecule has 0 fully saturated rings. The maximum atomic E-state index is 12.7. The van der Waals surface area contributed by atoms with Gasteiger partial charge in [0, 0.05) is 12.1 Å². The molecule has 0 aliphatic carbocycles. The van der Waals surface area contributed by atoms with E-state index in [0.717, 1.165) is 0 Å². The van der Waals surface area contributed by atoms with Gasteiger partial charge in [-0.25, -0.2) is 5.10 Å². The maximum Gasteiger partial charge on any atom is 0.279 e. The Morgan fingerprint density at radius 1 is 1.13 bits per heavy atom. The topological polar surface area (TPSA) is 86.4 Å². The number of nitrogens with zero attached hydrogens (tertiary/aromatic N) is 3. The van der Waals surface area contributed by atoms with Crippen LogP contribution in [0.15, 0.2) is 41.2 Å². The van der Waals surface area contributed by atoms with Crippen LogP contribution in [0.25, 0.3) is 0 Å². The third-order valence-corrected chi connectivity index (χ3v) is 3.65. The summed E-state index contributed by atoms with van der Waals surface area (Å²) in [5, 5.41) is 5.99. The van der Waals surface area contributed by atoms with Gasteiger partial charge in [0.1, 0.15) is 12.2 Å². The molecule has 1 aromatic carbocycles. The number of amides is 2. The number of hydrogen-bond donors (Lipinski definition) is 1. The minimum Gasteiger partial charge on any atom is -0.306 e. The van der Waals surface area contributed by atoms with Crippen LogP contribution in [0, 0.1) is 0 Å². The molecule has 0 saturated carbocycles. The normalized spacial score (nSPS) is 14.1. The fourth-order valence-electron chi connectivity index (χ4n) is 2.68. The zero-order valence-corrected chi connectivity index (χ0v) is 12.8. The summed E-state index contributed by atoms with van der Waals surface area (Å²) in [7, 11) is 0. The first-order chi connectivity index (χ1) is 11.0. The van der Waals surface area contributed by atoms with Crippen molar-refractivity contribution in [3.8, 4) is 0 Å². The van der Waals surface area contributed by atoms with Gasteiger partial charge in [-0.3, -0.25) is 19.3 Å². The van der Waals surface area contributed by atoms with Crippen LogP contribution in [0.4, 0.5) is 11.4 Å². The average Bonchev–Trinajstić information content (AvgIpc) is 2.53. The summed E-state index contributed by atoms with van der Waals surface area (Å²) < 4.78 is 0. The number of H-pyrrole nitrogens is 1. The van der Waals surface area contributed by atoms with Crippen molar-refractivity contribution in [2.24, 2.45) is 0 Å². The van der Waals surface area contributed by atoms with Gasteiger partial charge in [-0.05, 0) is 32.0 Å². The number of rotatable bonds is 2.